The largest absolute Gasteiger partial charge is 0.315 e. The molecular formula is C20H23N3O3S. The Hall–Kier alpha value is -2.25. The van der Waals surface area contributed by atoms with Gasteiger partial charge in [-0.3, -0.25) is 14.7 Å². The molecule has 0 saturated carbocycles. The van der Waals surface area contributed by atoms with Gasteiger partial charge in [-0.05, 0) is 41.3 Å². The van der Waals surface area contributed by atoms with Crippen molar-refractivity contribution in [3.05, 3.63) is 47.8 Å². The summed E-state index contributed by atoms with van der Waals surface area (Å²) in [5, 5.41) is 0. The smallest absolute Gasteiger partial charge is 0.227 e. The Morgan fingerprint density at radius 2 is 1.81 bits per heavy atom. The van der Waals surface area contributed by atoms with Crippen molar-refractivity contribution in [3.8, 4) is 11.1 Å². The molecule has 2 aliphatic rings. The van der Waals surface area contributed by atoms with E-state index >= 15 is 0 Å². The van der Waals surface area contributed by atoms with Crippen molar-refractivity contribution >= 4 is 21.4 Å². The quantitative estimate of drug-likeness (QED) is 0.807. The number of fused-ring (bicyclic) bond motifs is 1. The summed E-state index contributed by atoms with van der Waals surface area (Å²) in [6.45, 7) is 1.86. The number of rotatable bonds is 3. The minimum Gasteiger partial charge on any atom is -0.315 e. The molecule has 0 radical (unpaired) electrons. The summed E-state index contributed by atoms with van der Waals surface area (Å²) in [5.74, 6) is 0.622. The number of aromatic nitrogens is 1. The first kappa shape index (κ1) is 18.1. The van der Waals surface area contributed by atoms with Crippen LogP contribution in [-0.2, 0) is 27.6 Å². The van der Waals surface area contributed by atoms with E-state index in [-0.39, 0.29) is 17.4 Å². The molecule has 1 saturated heterocycles. The van der Waals surface area contributed by atoms with Crippen LogP contribution in [0.1, 0.15) is 17.5 Å². The molecule has 0 N–H and O–H groups in total. The fourth-order valence-corrected chi connectivity index (χ4v) is 5.01. The molecule has 1 aromatic carbocycles. The van der Waals surface area contributed by atoms with Crippen molar-refractivity contribution in [1.29, 1.82) is 0 Å². The van der Waals surface area contributed by atoms with Crippen LogP contribution in [0.15, 0.2) is 36.7 Å². The second-order valence-corrected chi connectivity index (χ2v) is 9.61. The molecule has 0 atom stereocenters. The highest BCUT2D eigenvalue weighted by Gasteiger charge is 2.22. The van der Waals surface area contributed by atoms with E-state index in [2.05, 4.69) is 22.0 Å². The molecule has 4 rings (SSSR count). The lowest BCUT2D eigenvalue weighted by Gasteiger charge is -2.27. The third kappa shape index (κ3) is 3.89. The van der Waals surface area contributed by atoms with E-state index in [4.69, 9.17) is 0 Å². The van der Waals surface area contributed by atoms with E-state index < -0.39 is 9.84 Å². The van der Waals surface area contributed by atoms with Crippen molar-refractivity contribution in [2.75, 3.05) is 36.5 Å². The summed E-state index contributed by atoms with van der Waals surface area (Å²) in [5.41, 5.74) is 5.37. The predicted octanol–water partition coefficient (Wildman–Crippen LogP) is 1.89. The van der Waals surface area contributed by atoms with Gasteiger partial charge in [0.1, 0.15) is 0 Å². The Bertz CT molecular complexity index is 974. The summed E-state index contributed by atoms with van der Waals surface area (Å²) >= 11 is 0. The number of hydrogen-bond donors (Lipinski definition) is 0. The van der Waals surface area contributed by atoms with Gasteiger partial charge in [0, 0.05) is 56.7 Å². The molecule has 1 aromatic heterocycles. The maximum Gasteiger partial charge on any atom is 0.227 e. The zero-order chi connectivity index (χ0) is 19.0. The van der Waals surface area contributed by atoms with Crippen molar-refractivity contribution in [2.24, 2.45) is 0 Å². The lowest BCUT2D eigenvalue weighted by molar-refractivity contribution is -0.118. The minimum atomic E-state index is -2.86. The molecule has 27 heavy (non-hydrogen) atoms. The Labute approximate surface area is 159 Å². The number of nitrogens with zero attached hydrogens (tertiary/aromatic N) is 3. The first-order valence-electron chi connectivity index (χ1n) is 9.18. The minimum absolute atomic E-state index is 0.155. The average molecular weight is 385 g/mol. The zero-order valence-electron chi connectivity index (χ0n) is 15.4. The number of pyridine rings is 1. The molecule has 142 valence electrons. The Morgan fingerprint density at radius 3 is 2.59 bits per heavy atom. The molecule has 3 heterocycles. The lowest BCUT2D eigenvalue weighted by atomic mass is 9.96. The molecule has 7 heteroatoms. The number of carbonyl (C=O) groups is 1. The molecule has 2 aliphatic heterocycles. The molecule has 6 nitrogen and oxygen atoms in total. The van der Waals surface area contributed by atoms with Gasteiger partial charge in [-0.1, -0.05) is 6.07 Å². The van der Waals surface area contributed by atoms with E-state index in [9.17, 15) is 13.2 Å². The van der Waals surface area contributed by atoms with Crippen LogP contribution < -0.4 is 4.90 Å². The van der Waals surface area contributed by atoms with Gasteiger partial charge in [-0.15, -0.1) is 0 Å². The molecule has 0 spiro atoms. The van der Waals surface area contributed by atoms with Gasteiger partial charge in [0.25, 0.3) is 0 Å². The predicted molar refractivity (Wildman–Crippen MR) is 105 cm³/mol. The molecule has 2 aromatic rings. The molecule has 0 bridgehead atoms. The van der Waals surface area contributed by atoms with Gasteiger partial charge in [-0.25, -0.2) is 8.42 Å². The maximum absolute atomic E-state index is 11.9. The van der Waals surface area contributed by atoms with Crippen LogP contribution >= 0.6 is 0 Å². The molecule has 0 aliphatic carbocycles. The fraction of sp³-hybridized carbons (Fsp3) is 0.400. The summed E-state index contributed by atoms with van der Waals surface area (Å²) in [4.78, 5) is 20.1. The summed E-state index contributed by atoms with van der Waals surface area (Å²) in [6.07, 6.45) is 5.01. The van der Waals surface area contributed by atoms with Crippen LogP contribution in [0.2, 0.25) is 0 Å². The molecule has 1 amide bonds. The normalized spacial score (nSPS) is 19.7. The van der Waals surface area contributed by atoms with Gasteiger partial charge in [0.2, 0.25) is 5.91 Å². The standard InChI is InChI=1S/C20H23N3O3S/c1-22-19-4-2-16(11-17(19)3-5-20(22)24)18-10-15(12-21-13-18)14-23-6-8-27(25,26)9-7-23/h2,4,10-13H,3,5-9,14H2,1H3. The Morgan fingerprint density at radius 1 is 1.04 bits per heavy atom. The molecule has 1 fully saturated rings. The topological polar surface area (TPSA) is 70.6 Å². The Kier molecular flexibility index (Phi) is 4.74. The third-order valence-corrected chi connectivity index (χ3v) is 7.00. The van der Waals surface area contributed by atoms with Crippen LogP contribution in [0.25, 0.3) is 11.1 Å². The fourth-order valence-electron chi connectivity index (χ4n) is 3.73. The van der Waals surface area contributed by atoms with E-state index in [1.54, 1.807) is 4.90 Å². The van der Waals surface area contributed by atoms with Gasteiger partial charge in [0.15, 0.2) is 9.84 Å². The number of anilines is 1. The molecular weight excluding hydrogens is 362 g/mol. The highest BCUT2D eigenvalue weighted by atomic mass is 32.2. The number of hydrogen-bond acceptors (Lipinski definition) is 5. The van der Waals surface area contributed by atoms with Crippen molar-refractivity contribution < 1.29 is 13.2 Å². The summed E-state index contributed by atoms with van der Waals surface area (Å²) in [7, 11) is -1.04. The number of benzene rings is 1. The highest BCUT2D eigenvalue weighted by Crippen LogP contribution is 2.31. The van der Waals surface area contributed by atoms with E-state index in [1.807, 2.05) is 31.6 Å². The number of amides is 1. The van der Waals surface area contributed by atoms with Gasteiger partial charge < -0.3 is 4.90 Å². The van der Waals surface area contributed by atoms with Crippen molar-refractivity contribution in [1.82, 2.24) is 9.88 Å². The number of sulfone groups is 1. The monoisotopic (exact) mass is 385 g/mol. The highest BCUT2D eigenvalue weighted by molar-refractivity contribution is 7.91. The first-order valence-corrected chi connectivity index (χ1v) is 11.0. The van der Waals surface area contributed by atoms with Crippen LogP contribution in [0.3, 0.4) is 0 Å². The molecule has 0 unspecified atom stereocenters. The maximum atomic E-state index is 11.9. The van der Waals surface area contributed by atoms with Crippen molar-refractivity contribution in [3.63, 3.8) is 0 Å². The lowest BCUT2D eigenvalue weighted by Crippen LogP contribution is -2.39. The van der Waals surface area contributed by atoms with Crippen molar-refractivity contribution in [2.45, 2.75) is 19.4 Å². The van der Waals surface area contributed by atoms with Gasteiger partial charge in [0.05, 0.1) is 11.5 Å². The second-order valence-electron chi connectivity index (χ2n) is 7.31. The van der Waals surface area contributed by atoms with E-state index in [0.717, 1.165) is 28.8 Å². The number of aryl methyl sites for hydroxylation is 1. The second kappa shape index (κ2) is 7.05. The SMILES string of the molecule is CN1C(=O)CCc2cc(-c3cncc(CN4CCS(=O)(=O)CC4)c3)ccc21. The van der Waals surface area contributed by atoms with Crippen LogP contribution in [-0.4, -0.2) is 55.9 Å². The van der Waals surface area contributed by atoms with Gasteiger partial charge in [-0.2, -0.15) is 0 Å². The van der Waals surface area contributed by atoms with Crippen LogP contribution in [0.5, 0.6) is 0 Å². The average Bonchev–Trinajstić information content (AvgIpc) is 2.66. The summed E-state index contributed by atoms with van der Waals surface area (Å²) < 4.78 is 23.2. The van der Waals surface area contributed by atoms with E-state index in [0.29, 0.717) is 26.1 Å². The Balaban J connectivity index is 1.54. The third-order valence-electron chi connectivity index (χ3n) is 5.39. The number of carbonyl (C=O) groups excluding carboxylic acids is 1. The van der Waals surface area contributed by atoms with Crippen LogP contribution in [0.4, 0.5) is 5.69 Å². The van der Waals surface area contributed by atoms with Gasteiger partial charge >= 0.3 is 0 Å². The first-order chi connectivity index (χ1) is 12.9. The summed E-state index contributed by atoms with van der Waals surface area (Å²) in [6, 6.07) is 8.30. The zero-order valence-corrected chi connectivity index (χ0v) is 16.2. The van der Waals surface area contributed by atoms with E-state index in [1.165, 1.54) is 5.56 Å². The van der Waals surface area contributed by atoms with Crippen LogP contribution in [0, 0.1) is 0 Å².